The summed E-state index contributed by atoms with van der Waals surface area (Å²) in [6.45, 7) is 4.68. The van der Waals surface area contributed by atoms with Gasteiger partial charge in [0.2, 0.25) is 0 Å². The molecule has 0 spiro atoms. The number of rotatable bonds is 2. The Bertz CT molecular complexity index is 627. The molecule has 4 heteroatoms. The largest absolute Gasteiger partial charge is 0.461 e. The van der Waals surface area contributed by atoms with Crippen molar-refractivity contribution in [2.75, 3.05) is 5.33 Å². The quantitative estimate of drug-likeness (QED) is 0.373. The fourth-order valence-electron chi connectivity index (χ4n) is 6.72. The molecule has 4 rings (SSSR count). The number of esters is 1. The van der Waals surface area contributed by atoms with Crippen LogP contribution in [0.15, 0.2) is 11.6 Å². The summed E-state index contributed by atoms with van der Waals surface area (Å²) in [4.78, 5) is 24.1. The Kier molecular flexibility index (Phi) is 4.41. The summed E-state index contributed by atoms with van der Waals surface area (Å²) in [5.41, 5.74) is 1.71. The molecule has 0 aromatic heterocycles. The third kappa shape index (κ3) is 2.65. The number of fused-ring (bicyclic) bond motifs is 5. The third-order valence-corrected chi connectivity index (χ3v) is 8.63. The third-order valence-electron chi connectivity index (χ3n) is 8.17. The van der Waals surface area contributed by atoms with E-state index in [1.807, 2.05) is 0 Å². The second-order valence-electron chi connectivity index (χ2n) is 9.17. The molecular formula is C21H29BrO3. The first kappa shape index (κ1) is 17.8. The molecule has 0 heterocycles. The van der Waals surface area contributed by atoms with E-state index in [0.717, 1.165) is 44.9 Å². The van der Waals surface area contributed by atoms with Crippen molar-refractivity contribution in [3.05, 3.63) is 11.6 Å². The van der Waals surface area contributed by atoms with Gasteiger partial charge in [-0.05, 0) is 61.7 Å². The maximum Gasteiger partial charge on any atom is 0.316 e. The van der Waals surface area contributed by atoms with Crippen molar-refractivity contribution in [3.63, 3.8) is 0 Å². The highest BCUT2D eigenvalue weighted by molar-refractivity contribution is 9.09. The molecule has 6 atom stereocenters. The molecule has 0 aromatic rings. The second-order valence-corrected chi connectivity index (χ2v) is 9.73. The van der Waals surface area contributed by atoms with E-state index < -0.39 is 0 Å². The molecule has 138 valence electrons. The predicted octanol–water partition coefficient (Wildman–Crippen LogP) is 4.83. The van der Waals surface area contributed by atoms with Gasteiger partial charge < -0.3 is 4.74 Å². The van der Waals surface area contributed by atoms with E-state index in [4.69, 9.17) is 4.74 Å². The number of carbonyl (C=O) groups is 2. The van der Waals surface area contributed by atoms with E-state index in [9.17, 15) is 9.59 Å². The maximum atomic E-state index is 12.5. The van der Waals surface area contributed by atoms with Crippen LogP contribution in [0, 0.1) is 28.6 Å². The Labute approximate surface area is 159 Å². The number of alkyl halides is 1. The van der Waals surface area contributed by atoms with Gasteiger partial charge in [-0.1, -0.05) is 41.4 Å². The van der Waals surface area contributed by atoms with Crippen LogP contribution in [0.2, 0.25) is 0 Å². The van der Waals surface area contributed by atoms with Crippen LogP contribution in [0.1, 0.15) is 65.2 Å². The van der Waals surface area contributed by atoms with Crippen LogP contribution >= 0.6 is 15.9 Å². The highest BCUT2D eigenvalue weighted by Gasteiger charge is 2.58. The van der Waals surface area contributed by atoms with Crippen molar-refractivity contribution in [3.8, 4) is 0 Å². The molecular weight excluding hydrogens is 380 g/mol. The second kappa shape index (κ2) is 6.21. The molecule has 0 amide bonds. The Balaban J connectivity index is 1.56. The molecule has 0 aliphatic heterocycles. The minimum Gasteiger partial charge on any atom is -0.461 e. The lowest BCUT2D eigenvalue weighted by Crippen LogP contribution is -2.50. The van der Waals surface area contributed by atoms with Crippen LogP contribution in [-0.4, -0.2) is 23.2 Å². The fraction of sp³-hybridized carbons (Fsp3) is 0.810. The van der Waals surface area contributed by atoms with Crippen molar-refractivity contribution in [1.82, 2.24) is 0 Å². The molecule has 0 aromatic carbocycles. The van der Waals surface area contributed by atoms with E-state index in [1.165, 1.54) is 12.0 Å². The maximum absolute atomic E-state index is 12.5. The number of Topliss-reactive ketones (excluding diaryl/α,β-unsaturated/α-hetero) is 1. The van der Waals surface area contributed by atoms with Crippen molar-refractivity contribution < 1.29 is 14.3 Å². The first-order valence-corrected chi connectivity index (χ1v) is 11.0. The van der Waals surface area contributed by atoms with Gasteiger partial charge in [-0.25, -0.2) is 0 Å². The van der Waals surface area contributed by atoms with Crippen LogP contribution in [-0.2, 0) is 14.3 Å². The molecule has 4 aliphatic rings. The van der Waals surface area contributed by atoms with Gasteiger partial charge in [0.15, 0.2) is 0 Å². The monoisotopic (exact) mass is 408 g/mol. The highest BCUT2D eigenvalue weighted by Crippen LogP contribution is 2.64. The van der Waals surface area contributed by atoms with Crippen LogP contribution in [0.25, 0.3) is 0 Å². The lowest BCUT2D eigenvalue weighted by Gasteiger charge is -2.56. The summed E-state index contributed by atoms with van der Waals surface area (Å²) in [6, 6.07) is 0. The lowest BCUT2D eigenvalue weighted by atomic mass is 9.48. The van der Waals surface area contributed by atoms with Crippen LogP contribution in [0.4, 0.5) is 0 Å². The zero-order chi connectivity index (χ0) is 17.8. The summed E-state index contributed by atoms with van der Waals surface area (Å²) < 4.78 is 5.60. The average molecular weight is 409 g/mol. The van der Waals surface area contributed by atoms with E-state index in [-0.39, 0.29) is 28.2 Å². The van der Waals surface area contributed by atoms with Crippen LogP contribution in [0.5, 0.6) is 0 Å². The van der Waals surface area contributed by atoms with E-state index in [0.29, 0.717) is 23.5 Å². The van der Waals surface area contributed by atoms with Gasteiger partial charge in [0.1, 0.15) is 17.2 Å². The minimum absolute atomic E-state index is 0.0443. The topological polar surface area (TPSA) is 43.4 Å². The van der Waals surface area contributed by atoms with E-state index >= 15 is 0 Å². The number of halogens is 1. The van der Waals surface area contributed by atoms with Gasteiger partial charge in [-0.2, -0.15) is 0 Å². The zero-order valence-corrected chi connectivity index (χ0v) is 16.9. The normalized spacial score (nSPS) is 45.9. The summed E-state index contributed by atoms with van der Waals surface area (Å²) in [5, 5.41) is 0.277. The molecule has 0 bridgehead atoms. The Morgan fingerprint density at radius 2 is 1.92 bits per heavy atom. The number of hydrogen-bond acceptors (Lipinski definition) is 3. The smallest absolute Gasteiger partial charge is 0.316 e. The molecule has 3 fully saturated rings. The highest BCUT2D eigenvalue weighted by atomic mass is 79.9. The molecule has 0 unspecified atom stereocenters. The molecule has 0 N–H and O–H groups in total. The van der Waals surface area contributed by atoms with Crippen LogP contribution in [0.3, 0.4) is 0 Å². The van der Waals surface area contributed by atoms with Gasteiger partial charge in [-0.3, -0.25) is 9.59 Å². The van der Waals surface area contributed by atoms with Crippen molar-refractivity contribution >= 4 is 27.7 Å². The standard InChI is InChI=1S/C21H29BrO3/c1-20-9-7-14(25-19(24)12-22)11-13(20)3-4-15-16-5-6-18(23)21(16,2)10-8-17(15)20/h3,14-17H,4-12H2,1-2H3/t14-,15+,16+,17+,20-,21-/m0/s1. The average Bonchev–Trinajstić information content (AvgIpc) is 2.90. The number of ketones is 1. The summed E-state index contributed by atoms with van der Waals surface area (Å²) >= 11 is 3.19. The number of ether oxygens (including phenoxy) is 1. The van der Waals surface area contributed by atoms with Gasteiger partial charge in [-0.15, -0.1) is 0 Å². The Morgan fingerprint density at radius 3 is 2.68 bits per heavy atom. The zero-order valence-electron chi connectivity index (χ0n) is 15.4. The van der Waals surface area contributed by atoms with Crippen molar-refractivity contribution in [2.24, 2.45) is 28.6 Å². The molecule has 4 aliphatic carbocycles. The summed E-state index contributed by atoms with van der Waals surface area (Å²) in [5.74, 6) is 2.31. The van der Waals surface area contributed by atoms with Gasteiger partial charge in [0, 0.05) is 18.3 Å². The Hall–Kier alpha value is -0.640. The summed E-state index contributed by atoms with van der Waals surface area (Å²) in [7, 11) is 0. The molecule has 0 saturated heterocycles. The van der Waals surface area contributed by atoms with E-state index in [1.54, 1.807) is 0 Å². The molecule has 25 heavy (non-hydrogen) atoms. The molecule has 3 saturated carbocycles. The van der Waals surface area contributed by atoms with Crippen molar-refractivity contribution in [1.29, 1.82) is 0 Å². The van der Waals surface area contributed by atoms with Gasteiger partial charge in [0.05, 0.1) is 0 Å². The van der Waals surface area contributed by atoms with E-state index in [2.05, 4.69) is 35.9 Å². The SMILES string of the molecule is C[C@]12CC[C@H](OC(=O)CBr)CC1=CC[C@H]1[C@H]2CC[C@]2(C)C(=O)CC[C@H]12. The lowest BCUT2D eigenvalue weighted by molar-refractivity contribution is -0.148. The predicted molar refractivity (Wildman–Crippen MR) is 100 cm³/mol. The number of allylic oxidation sites excluding steroid dienone is 1. The first-order valence-electron chi connectivity index (χ1n) is 9.87. The van der Waals surface area contributed by atoms with Crippen molar-refractivity contribution in [2.45, 2.75) is 71.3 Å². The minimum atomic E-state index is -0.152. The number of carbonyl (C=O) groups excluding carboxylic acids is 2. The van der Waals surface area contributed by atoms with Crippen LogP contribution < -0.4 is 0 Å². The van der Waals surface area contributed by atoms with Gasteiger partial charge in [0.25, 0.3) is 0 Å². The fourth-order valence-corrected chi connectivity index (χ4v) is 6.85. The molecule has 0 radical (unpaired) electrons. The Morgan fingerprint density at radius 1 is 1.20 bits per heavy atom. The van der Waals surface area contributed by atoms with Gasteiger partial charge >= 0.3 is 5.97 Å². The number of hydrogen-bond donors (Lipinski definition) is 0. The first-order chi connectivity index (χ1) is 11.9. The summed E-state index contributed by atoms with van der Waals surface area (Å²) in [6.07, 6.45) is 10.7. The molecule has 3 nitrogen and oxygen atoms in total.